The third kappa shape index (κ3) is 3.51. The van der Waals surface area contributed by atoms with Gasteiger partial charge < -0.3 is 5.32 Å². The Balaban J connectivity index is 2.73. The molecule has 1 aromatic carbocycles. The van der Waals surface area contributed by atoms with Crippen LogP contribution in [0.4, 0.5) is 0 Å². The van der Waals surface area contributed by atoms with Crippen LogP contribution in [0.1, 0.15) is 5.56 Å². The third-order valence-electron chi connectivity index (χ3n) is 1.58. The number of hydrogen-bond donors (Lipinski definition) is 1. The summed E-state index contributed by atoms with van der Waals surface area (Å²) in [4.78, 5) is 0. The van der Waals surface area contributed by atoms with Crippen molar-refractivity contribution in [2.24, 2.45) is 0 Å². The standard InChI is InChI=1S/C10H11BrClN/c1-13-6-2-3-8-4-5-10(12)9(11)7-8/h2-5,7,13H,6H2,1H3/b3-2+. The van der Waals surface area contributed by atoms with E-state index in [1.807, 2.05) is 25.2 Å². The fraction of sp³-hybridized carbons (Fsp3) is 0.200. The average Bonchev–Trinajstić information content (AvgIpc) is 2.12. The maximum absolute atomic E-state index is 5.86. The van der Waals surface area contributed by atoms with E-state index in [-0.39, 0.29) is 0 Å². The van der Waals surface area contributed by atoms with E-state index in [1.54, 1.807) is 0 Å². The number of benzene rings is 1. The summed E-state index contributed by atoms with van der Waals surface area (Å²) in [5.41, 5.74) is 1.14. The van der Waals surface area contributed by atoms with Crippen LogP contribution in [-0.4, -0.2) is 13.6 Å². The Kier molecular flexibility index (Phi) is 4.50. The fourth-order valence-electron chi connectivity index (χ4n) is 0.929. The van der Waals surface area contributed by atoms with Crippen molar-refractivity contribution in [3.63, 3.8) is 0 Å². The summed E-state index contributed by atoms with van der Waals surface area (Å²) in [6, 6.07) is 5.86. The van der Waals surface area contributed by atoms with Crippen LogP contribution in [0.3, 0.4) is 0 Å². The molecule has 0 fully saturated rings. The lowest BCUT2D eigenvalue weighted by molar-refractivity contribution is 0.922. The molecule has 0 bridgehead atoms. The van der Waals surface area contributed by atoms with E-state index < -0.39 is 0 Å². The molecule has 0 unspecified atom stereocenters. The van der Waals surface area contributed by atoms with Crippen LogP contribution in [0.25, 0.3) is 6.08 Å². The van der Waals surface area contributed by atoms with Crippen LogP contribution in [0.2, 0.25) is 5.02 Å². The van der Waals surface area contributed by atoms with Crippen molar-refractivity contribution in [3.05, 3.63) is 39.3 Å². The first kappa shape index (κ1) is 10.8. The van der Waals surface area contributed by atoms with Gasteiger partial charge in [0, 0.05) is 11.0 Å². The van der Waals surface area contributed by atoms with Crippen molar-refractivity contribution in [2.75, 3.05) is 13.6 Å². The Morgan fingerprint density at radius 3 is 2.92 bits per heavy atom. The first-order chi connectivity index (χ1) is 6.24. The SMILES string of the molecule is CNC/C=C/c1ccc(Cl)c(Br)c1. The summed E-state index contributed by atoms with van der Waals surface area (Å²) in [6.45, 7) is 0.875. The molecule has 1 nitrogen and oxygen atoms in total. The van der Waals surface area contributed by atoms with Gasteiger partial charge in [-0.05, 0) is 40.7 Å². The van der Waals surface area contributed by atoms with E-state index >= 15 is 0 Å². The van der Waals surface area contributed by atoms with Crippen molar-refractivity contribution in [2.45, 2.75) is 0 Å². The van der Waals surface area contributed by atoms with E-state index in [0.29, 0.717) is 0 Å². The zero-order valence-electron chi connectivity index (χ0n) is 7.35. The summed E-state index contributed by atoms with van der Waals surface area (Å²) in [6.07, 6.45) is 4.12. The number of halogens is 2. The van der Waals surface area contributed by atoms with Gasteiger partial charge in [-0.25, -0.2) is 0 Å². The first-order valence-corrected chi connectivity index (χ1v) is 5.17. The lowest BCUT2D eigenvalue weighted by Gasteiger charge is -1.97. The van der Waals surface area contributed by atoms with Crippen molar-refractivity contribution < 1.29 is 0 Å². The molecule has 3 heteroatoms. The van der Waals surface area contributed by atoms with Crippen LogP contribution in [0.5, 0.6) is 0 Å². The molecule has 0 atom stereocenters. The van der Waals surface area contributed by atoms with Crippen molar-refractivity contribution >= 4 is 33.6 Å². The minimum absolute atomic E-state index is 0.741. The molecule has 70 valence electrons. The molecular weight excluding hydrogens is 249 g/mol. The largest absolute Gasteiger partial charge is 0.316 e. The van der Waals surface area contributed by atoms with Gasteiger partial charge in [0.15, 0.2) is 0 Å². The molecular formula is C10H11BrClN. The van der Waals surface area contributed by atoms with E-state index in [1.165, 1.54) is 0 Å². The highest BCUT2D eigenvalue weighted by molar-refractivity contribution is 9.10. The predicted molar refractivity (Wildman–Crippen MR) is 62.1 cm³/mol. The molecule has 0 aliphatic rings. The summed E-state index contributed by atoms with van der Waals surface area (Å²) in [7, 11) is 1.92. The Hall–Kier alpha value is -0.310. The van der Waals surface area contributed by atoms with E-state index in [2.05, 4.69) is 33.4 Å². The van der Waals surface area contributed by atoms with Gasteiger partial charge in [-0.2, -0.15) is 0 Å². The molecule has 1 aromatic rings. The second kappa shape index (κ2) is 5.43. The van der Waals surface area contributed by atoms with Crippen molar-refractivity contribution in [1.82, 2.24) is 5.32 Å². The van der Waals surface area contributed by atoms with Gasteiger partial charge in [0.1, 0.15) is 0 Å². The second-order valence-electron chi connectivity index (χ2n) is 2.63. The van der Waals surface area contributed by atoms with Gasteiger partial charge in [-0.3, -0.25) is 0 Å². The molecule has 0 heterocycles. The predicted octanol–water partition coefficient (Wildman–Crippen LogP) is 3.34. The van der Waals surface area contributed by atoms with Gasteiger partial charge in [0.25, 0.3) is 0 Å². The molecule has 0 saturated carbocycles. The molecule has 0 radical (unpaired) electrons. The summed E-state index contributed by atoms with van der Waals surface area (Å²) < 4.78 is 0.931. The molecule has 0 spiro atoms. The smallest absolute Gasteiger partial charge is 0.0548 e. The third-order valence-corrected chi connectivity index (χ3v) is 2.79. The van der Waals surface area contributed by atoms with Crippen LogP contribution in [0, 0.1) is 0 Å². The van der Waals surface area contributed by atoms with E-state index in [4.69, 9.17) is 11.6 Å². The Bertz CT molecular complexity index is 310. The molecule has 0 amide bonds. The second-order valence-corrected chi connectivity index (χ2v) is 3.90. The first-order valence-electron chi connectivity index (χ1n) is 4.00. The minimum atomic E-state index is 0.741. The quantitative estimate of drug-likeness (QED) is 0.879. The highest BCUT2D eigenvalue weighted by atomic mass is 79.9. The highest BCUT2D eigenvalue weighted by Crippen LogP contribution is 2.23. The number of hydrogen-bond acceptors (Lipinski definition) is 1. The highest BCUT2D eigenvalue weighted by Gasteiger charge is 1.95. The van der Waals surface area contributed by atoms with Crippen LogP contribution in [0.15, 0.2) is 28.7 Å². The monoisotopic (exact) mass is 259 g/mol. The van der Waals surface area contributed by atoms with Crippen LogP contribution < -0.4 is 5.32 Å². The van der Waals surface area contributed by atoms with E-state index in [0.717, 1.165) is 21.6 Å². The Morgan fingerprint density at radius 2 is 2.31 bits per heavy atom. The van der Waals surface area contributed by atoms with Gasteiger partial charge in [0.05, 0.1) is 5.02 Å². The maximum atomic E-state index is 5.86. The summed E-state index contributed by atoms with van der Waals surface area (Å²) in [5.74, 6) is 0. The molecule has 0 saturated heterocycles. The topological polar surface area (TPSA) is 12.0 Å². The van der Waals surface area contributed by atoms with Crippen molar-refractivity contribution in [3.8, 4) is 0 Å². The number of likely N-dealkylation sites (N-methyl/N-ethyl adjacent to an activating group) is 1. The minimum Gasteiger partial charge on any atom is -0.316 e. The van der Waals surface area contributed by atoms with Gasteiger partial charge >= 0.3 is 0 Å². The van der Waals surface area contributed by atoms with Gasteiger partial charge in [-0.1, -0.05) is 29.8 Å². The average molecular weight is 261 g/mol. The number of nitrogens with one attached hydrogen (secondary N) is 1. The summed E-state index contributed by atoms with van der Waals surface area (Å²) >= 11 is 9.23. The maximum Gasteiger partial charge on any atom is 0.0548 e. The molecule has 1 rings (SSSR count). The normalized spacial score (nSPS) is 11.0. The fourth-order valence-corrected chi connectivity index (χ4v) is 1.44. The lowest BCUT2D eigenvalue weighted by atomic mass is 10.2. The molecule has 0 aliphatic carbocycles. The van der Waals surface area contributed by atoms with Crippen LogP contribution in [-0.2, 0) is 0 Å². The molecule has 0 aromatic heterocycles. The Morgan fingerprint density at radius 1 is 1.54 bits per heavy atom. The Labute approximate surface area is 91.9 Å². The lowest BCUT2D eigenvalue weighted by Crippen LogP contribution is -2.03. The van der Waals surface area contributed by atoms with E-state index in [9.17, 15) is 0 Å². The van der Waals surface area contributed by atoms with Crippen LogP contribution >= 0.6 is 27.5 Å². The van der Waals surface area contributed by atoms with Gasteiger partial charge in [0.2, 0.25) is 0 Å². The molecule has 13 heavy (non-hydrogen) atoms. The number of rotatable bonds is 3. The zero-order valence-corrected chi connectivity index (χ0v) is 9.69. The summed E-state index contributed by atoms with van der Waals surface area (Å²) in [5, 5.41) is 3.78. The molecule has 0 aliphatic heterocycles. The zero-order chi connectivity index (χ0) is 9.68. The molecule has 1 N–H and O–H groups in total. The van der Waals surface area contributed by atoms with Crippen molar-refractivity contribution in [1.29, 1.82) is 0 Å². The van der Waals surface area contributed by atoms with Gasteiger partial charge in [-0.15, -0.1) is 0 Å².